The van der Waals surface area contributed by atoms with Crippen molar-refractivity contribution in [1.82, 2.24) is 9.47 Å². The molecule has 0 saturated carbocycles. The summed E-state index contributed by atoms with van der Waals surface area (Å²) in [5.41, 5.74) is 1.89. The second kappa shape index (κ2) is 5.85. The number of halogens is 1. The van der Waals surface area contributed by atoms with Gasteiger partial charge in [-0.3, -0.25) is 4.79 Å². The predicted octanol–water partition coefficient (Wildman–Crippen LogP) is 2.79. The van der Waals surface area contributed by atoms with Gasteiger partial charge in [-0.1, -0.05) is 29.8 Å². The van der Waals surface area contributed by atoms with E-state index in [1.807, 2.05) is 44.6 Å². The number of rotatable bonds is 6. The number of ether oxygens (including phenoxy) is 1. The molecule has 0 spiro atoms. The third-order valence-electron chi connectivity index (χ3n) is 3.33. The van der Waals surface area contributed by atoms with Crippen molar-refractivity contribution in [2.45, 2.75) is 18.5 Å². The minimum atomic E-state index is -1.15. The molecule has 0 fully saturated rings. The number of hydrogen-bond acceptors (Lipinski definition) is 3. The lowest BCUT2D eigenvalue weighted by Gasteiger charge is -2.19. The summed E-state index contributed by atoms with van der Waals surface area (Å²) in [6, 6.07) is 7.98. The summed E-state index contributed by atoms with van der Waals surface area (Å²) in [6.07, 6.45) is 1.96. The molecular weight excluding hydrogens is 276 g/mol. The van der Waals surface area contributed by atoms with Crippen molar-refractivity contribution in [2.75, 3.05) is 20.6 Å². The maximum Gasteiger partial charge on any atom is 0.295 e. The summed E-state index contributed by atoms with van der Waals surface area (Å²) in [5.74, 6) is 0. The van der Waals surface area contributed by atoms with Crippen LogP contribution in [0.3, 0.4) is 0 Å². The smallest absolute Gasteiger partial charge is 0.295 e. The Labute approximate surface area is 123 Å². The topological polar surface area (TPSA) is 34.5 Å². The Hall–Kier alpha value is -1.52. The number of nitrogens with zero attached hydrogens (tertiary/aromatic N) is 2. The van der Waals surface area contributed by atoms with E-state index >= 15 is 0 Å². The standard InChI is InChI=1S/C15H19ClN2O2/c1-15(16,20-11-19)13-10-18(9-8-17(2)3)14-7-5-4-6-12(13)14/h4-7,10-11H,8-9H2,1-3H3. The number of fused-ring (bicyclic) bond motifs is 1. The molecule has 1 aromatic carbocycles. The van der Waals surface area contributed by atoms with E-state index in [1.54, 1.807) is 6.92 Å². The molecule has 20 heavy (non-hydrogen) atoms. The van der Waals surface area contributed by atoms with Crippen LogP contribution in [0.5, 0.6) is 0 Å². The fourth-order valence-corrected chi connectivity index (χ4v) is 2.44. The Morgan fingerprint density at radius 1 is 1.40 bits per heavy atom. The molecule has 0 radical (unpaired) electrons. The van der Waals surface area contributed by atoms with Gasteiger partial charge in [0.25, 0.3) is 6.47 Å². The summed E-state index contributed by atoms with van der Waals surface area (Å²) in [4.78, 5) is 12.8. The van der Waals surface area contributed by atoms with E-state index in [4.69, 9.17) is 16.3 Å². The molecule has 0 aliphatic carbocycles. The summed E-state index contributed by atoms with van der Waals surface area (Å²) in [6.45, 7) is 3.84. The number of alkyl halides is 1. The first kappa shape index (κ1) is 14.9. The highest BCUT2D eigenvalue weighted by atomic mass is 35.5. The quantitative estimate of drug-likeness (QED) is 0.607. The molecule has 0 amide bonds. The van der Waals surface area contributed by atoms with Gasteiger partial charge in [0.2, 0.25) is 5.06 Å². The molecule has 1 aromatic heterocycles. The molecule has 0 bridgehead atoms. The Morgan fingerprint density at radius 2 is 2.10 bits per heavy atom. The first-order chi connectivity index (χ1) is 9.45. The van der Waals surface area contributed by atoms with Gasteiger partial charge in [-0.05, 0) is 27.1 Å². The second-order valence-electron chi connectivity index (χ2n) is 5.19. The van der Waals surface area contributed by atoms with Crippen LogP contribution in [0, 0.1) is 0 Å². The molecule has 0 N–H and O–H groups in total. The molecule has 0 aliphatic rings. The lowest BCUT2D eigenvalue weighted by Crippen LogP contribution is -2.19. The molecule has 108 valence electrons. The van der Waals surface area contributed by atoms with E-state index in [0.29, 0.717) is 6.47 Å². The van der Waals surface area contributed by atoms with Crippen LogP contribution in [0.2, 0.25) is 0 Å². The fraction of sp³-hybridized carbons (Fsp3) is 0.400. The summed E-state index contributed by atoms with van der Waals surface area (Å²) in [5, 5.41) is -0.143. The molecule has 1 unspecified atom stereocenters. The van der Waals surface area contributed by atoms with E-state index in [0.717, 1.165) is 29.6 Å². The van der Waals surface area contributed by atoms with Crippen molar-refractivity contribution in [2.24, 2.45) is 0 Å². The van der Waals surface area contributed by atoms with Gasteiger partial charge in [0.05, 0.1) is 0 Å². The lowest BCUT2D eigenvalue weighted by atomic mass is 10.1. The van der Waals surface area contributed by atoms with Gasteiger partial charge in [-0.2, -0.15) is 0 Å². The van der Waals surface area contributed by atoms with Crippen molar-refractivity contribution < 1.29 is 9.53 Å². The third-order valence-corrected chi connectivity index (χ3v) is 3.62. The number of aromatic nitrogens is 1. The first-order valence-corrected chi connectivity index (χ1v) is 6.87. The zero-order valence-electron chi connectivity index (χ0n) is 12.0. The van der Waals surface area contributed by atoms with Gasteiger partial charge in [-0.15, -0.1) is 0 Å². The maximum absolute atomic E-state index is 10.6. The molecule has 1 heterocycles. The zero-order valence-corrected chi connectivity index (χ0v) is 12.7. The van der Waals surface area contributed by atoms with Gasteiger partial charge in [0, 0.05) is 35.8 Å². The monoisotopic (exact) mass is 294 g/mol. The molecule has 2 rings (SSSR count). The molecule has 4 nitrogen and oxygen atoms in total. The van der Waals surface area contributed by atoms with E-state index in [9.17, 15) is 4.79 Å². The molecule has 0 aliphatic heterocycles. The highest BCUT2D eigenvalue weighted by molar-refractivity contribution is 6.24. The van der Waals surface area contributed by atoms with Crippen LogP contribution in [0.1, 0.15) is 12.5 Å². The minimum Gasteiger partial charge on any atom is -0.441 e. The van der Waals surface area contributed by atoms with Crippen molar-refractivity contribution >= 4 is 29.0 Å². The highest BCUT2D eigenvalue weighted by Crippen LogP contribution is 2.35. The SMILES string of the molecule is CN(C)CCn1cc(C(C)(Cl)OC=O)c2ccccc21. The molecule has 5 heteroatoms. The summed E-state index contributed by atoms with van der Waals surface area (Å²) < 4.78 is 7.16. The molecule has 0 saturated heterocycles. The van der Waals surface area contributed by atoms with Crippen molar-refractivity contribution in [3.63, 3.8) is 0 Å². The lowest BCUT2D eigenvalue weighted by molar-refractivity contribution is -0.135. The van der Waals surface area contributed by atoms with Crippen LogP contribution < -0.4 is 0 Å². The van der Waals surface area contributed by atoms with Crippen LogP contribution in [0.15, 0.2) is 30.5 Å². The number of para-hydroxylation sites is 1. The summed E-state index contributed by atoms with van der Waals surface area (Å²) >= 11 is 6.34. The van der Waals surface area contributed by atoms with Crippen molar-refractivity contribution in [3.05, 3.63) is 36.0 Å². The Bertz CT molecular complexity index is 605. The van der Waals surface area contributed by atoms with Crippen LogP contribution in [-0.2, 0) is 21.1 Å². The average molecular weight is 295 g/mol. The second-order valence-corrected chi connectivity index (χ2v) is 5.91. The molecule has 2 aromatic rings. The predicted molar refractivity (Wildman–Crippen MR) is 80.8 cm³/mol. The van der Waals surface area contributed by atoms with Crippen LogP contribution in [0.25, 0.3) is 10.9 Å². The van der Waals surface area contributed by atoms with Gasteiger partial charge in [0.15, 0.2) is 0 Å². The van der Waals surface area contributed by atoms with Gasteiger partial charge in [-0.25, -0.2) is 0 Å². The minimum absolute atomic E-state index is 0.388. The first-order valence-electron chi connectivity index (χ1n) is 6.49. The fourth-order valence-electron chi connectivity index (χ4n) is 2.25. The van der Waals surface area contributed by atoms with E-state index in [2.05, 4.69) is 9.47 Å². The summed E-state index contributed by atoms with van der Waals surface area (Å²) in [7, 11) is 4.07. The largest absolute Gasteiger partial charge is 0.441 e. The number of likely N-dealkylation sites (N-methyl/N-ethyl adjacent to an activating group) is 1. The normalized spacial score (nSPS) is 14.4. The van der Waals surface area contributed by atoms with E-state index in [-0.39, 0.29) is 0 Å². The van der Waals surface area contributed by atoms with Crippen molar-refractivity contribution in [3.8, 4) is 0 Å². The van der Waals surface area contributed by atoms with Gasteiger partial charge in [0.1, 0.15) is 0 Å². The Kier molecular flexibility index (Phi) is 4.35. The zero-order chi connectivity index (χ0) is 14.8. The average Bonchev–Trinajstić information content (AvgIpc) is 2.76. The molecule has 1 atom stereocenters. The van der Waals surface area contributed by atoms with Gasteiger partial charge < -0.3 is 14.2 Å². The van der Waals surface area contributed by atoms with E-state index < -0.39 is 5.06 Å². The Balaban J connectivity index is 2.48. The Morgan fingerprint density at radius 3 is 2.75 bits per heavy atom. The van der Waals surface area contributed by atoms with Gasteiger partial charge >= 0.3 is 0 Å². The van der Waals surface area contributed by atoms with Crippen LogP contribution in [0.4, 0.5) is 0 Å². The van der Waals surface area contributed by atoms with Crippen molar-refractivity contribution in [1.29, 1.82) is 0 Å². The molecular formula is C15H19ClN2O2. The van der Waals surface area contributed by atoms with Crippen LogP contribution >= 0.6 is 11.6 Å². The number of hydrogen-bond donors (Lipinski definition) is 0. The third kappa shape index (κ3) is 2.97. The van der Waals surface area contributed by atoms with E-state index in [1.165, 1.54) is 0 Å². The highest BCUT2D eigenvalue weighted by Gasteiger charge is 2.29. The number of carbonyl (C=O) groups excluding carboxylic acids is 1. The van der Waals surface area contributed by atoms with Crippen LogP contribution in [-0.4, -0.2) is 36.6 Å². The number of carbonyl (C=O) groups is 1. The number of benzene rings is 1. The maximum atomic E-state index is 10.6.